The number of fused-ring (bicyclic) bond motifs is 3. The maximum atomic E-state index is 13.2. The lowest BCUT2D eigenvalue weighted by Gasteiger charge is -2.17. The second-order valence-electron chi connectivity index (χ2n) is 6.87. The zero-order chi connectivity index (χ0) is 18.4. The first-order valence-corrected chi connectivity index (χ1v) is 9.46. The molecule has 0 atom stereocenters. The molecule has 5 rings (SSSR count). The minimum atomic E-state index is -0.107. The number of benzene rings is 2. The molecule has 0 amide bonds. The lowest BCUT2D eigenvalue weighted by molar-refractivity contribution is 0.765. The van der Waals surface area contributed by atoms with Gasteiger partial charge in [-0.1, -0.05) is 41.9 Å². The smallest absolute Gasteiger partial charge is 0.263 e. The van der Waals surface area contributed by atoms with Crippen LogP contribution in [0.15, 0.2) is 53.3 Å². The van der Waals surface area contributed by atoms with Gasteiger partial charge in [-0.3, -0.25) is 9.36 Å². The third-order valence-electron chi connectivity index (χ3n) is 5.12. The molecule has 6 nitrogen and oxygen atoms in total. The van der Waals surface area contributed by atoms with E-state index in [4.69, 9.17) is 11.6 Å². The Hall–Kier alpha value is -2.86. The molecule has 0 spiro atoms. The van der Waals surface area contributed by atoms with Gasteiger partial charge in [-0.05, 0) is 36.6 Å². The van der Waals surface area contributed by atoms with E-state index in [1.165, 1.54) is 0 Å². The molecule has 1 saturated heterocycles. The van der Waals surface area contributed by atoms with Gasteiger partial charge in [0.15, 0.2) is 0 Å². The minimum absolute atomic E-state index is 0.107. The highest BCUT2D eigenvalue weighted by molar-refractivity contribution is 6.31. The highest BCUT2D eigenvalue weighted by Gasteiger charge is 2.22. The van der Waals surface area contributed by atoms with Crippen LogP contribution in [0.25, 0.3) is 16.7 Å². The molecule has 1 fully saturated rings. The van der Waals surface area contributed by atoms with Crippen LogP contribution in [0.3, 0.4) is 0 Å². The molecule has 0 aliphatic carbocycles. The number of anilines is 1. The highest BCUT2D eigenvalue weighted by atomic mass is 35.5. The molecule has 3 heterocycles. The van der Waals surface area contributed by atoms with Crippen molar-refractivity contribution in [3.05, 3.63) is 69.5 Å². The summed E-state index contributed by atoms with van der Waals surface area (Å²) in [4.78, 5) is 15.5. The monoisotopic (exact) mass is 379 g/mol. The molecule has 0 saturated carbocycles. The van der Waals surface area contributed by atoms with Crippen molar-refractivity contribution in [2.75, 3.05) is 18.0 Å². The molecule has 0 bridgehead atoms. The van der Waals surface area contributed by atoms with Gasteiger partial charge in [0.1, 0.15) is 0 Å². The molecular weight excluding hydrogens is 362 g/mol. The molecule has 2 aromatic carbocycles. The summed E-state index contributed by atoms with van der Waals surface area (Å²) in [5, 5.41) is 9.95. The maximum absolute atomic E-state index is 13.2. The molecule has 27 heavy (non-hydrogen) atoms. The second kappa shape index (κ2) is 6.39. The Morgan fingerprint density at radius 1 is 1.00 bits per heavy atom. The van der Waals surface area contributed by atoms with Gasteiger partial charge < -0.3 is 4.90 Å². The standard InChI is InChI=1S/C20H18ClN5O/c21-15-8-9-17-16(12-15)18(27)25(13-14-6-2-1-3-7-14)20-23-22-19(26(17)20)24-10-4-5-11-24/h1-3,6-9,12H,4-5,10-11,13H2. The first-order chi connectivity index (χ1) is 13.2. The summed E-state index contributed by atoms with van der Waals surface area (Å²) in [6.07, 6.45) is 2.28. The minimum Gasteiger partial charge on any atom is -0.341 e. The molecule has 1 aliphatic rings. The van der Waals surface area contributed by atoms with Crippen LogP contribution in [0.1, 0.15) is 18.4 Å². The molecule has 0 unspecified atom stereocenters. The fourth-order valence-electron chi connectivity index (χ4n) is 3.80. The summed E-state index contributed by atoms with van der Waals surface area (Å²) in [5.74, 6) is 1.34. The highest BCUT2D eigenvalue weighted by Crippen LogP contribution is 2.25. The molecule has 1 aliphatic heterocycles. The van der Waals surface area contributed by atoms with Crippen LogP contribution < -0.4 is 10.5 Å². The fraction of sp³-hybridized carbons (Fsp3) is 0.250. The van der Waals surface area contributed by atoms with Crippen LogP contribution >= 0.6 is 11.6 Å². The second-order valence-corrected chi connectivity index (χ2v) is 7.30. The number of halogens is 1. The van der Waals surface area contributed by atoms with Crippen LogP contribution in [0, 0.1) is 0 Å². The van der Waals surface area contributed by atoms with Crippen molar-refractivity contribution in [3.63, 3.8) is 0 Å². The quantitative estimate of drug-likeness (QED) is 0.547. The zero-order valence-electron chi connectivity index (χ0n) is 14.7. The van der Waals surface area contributed by atoms with E-state index in [0.717, 1.165) is 43.0 Å². The van der Waals surface area contributed by atoms with Crippen molar-refractivity contribution in [3.8, 4) is 0 Å². The van der Waals surface area contributed by atoms with Gasteiger partial charge in [-0.25, -0.2) is 4.40 Å². The Balaban J connectivity index is 1.82. The van der Waals surface area contributed by atoms with E-state index in [2.05, 4.69) is 15.1 Å². The van der Waals surface area contributed by atoms with Gasteiger partial charge in [-0.15, -0.1) is 10.2 Å². The zero-order valence-corrected chi connectivity index (χ0v) is 15.4. The summed E-state index contributed by atoms with van der Waals surface area (Å²) < 4.78 is 3.67. The van der Waals surface area contributed by atoms with Gasteiger partial charge >= 0.3 is 0 Å². The first-order valence-electron chi connectivity index (χ1n) is 9.08. The third kappa shape index (κ3) is 2.68. The summed E-state index contributed by atoms with van der Waals surface area (Å²) in [6, 6.07) is 15.3. The Morgan fingerprint density at radius 2 is 1.78 bits per heavy atom. The van der Waals surface area contributed by atoms with Crippen molar-refractivity contribution < 1.29 is 0 Å². The molecule has 2 aromatic heterocycles. The Labute approximate surface area is 160 Å². The van der Waals surface area contributed by atoms with Crippen molar-refractivity contribution in [2.24, 2.45) is 0 Å². The largest absolute Gasteiger partial charge is 0.341 e. The SMILES string of the molecule is O=c1c2cc(Cl)ccc2n2c(N3CCCC3)nnc2n1Cc1ccccc1. The fourth-order valence-corrected chi connectivity index (χ4v) is 3.97. The van der Waals surface area contributed by atoms with Crippen LogP contribution in [0.4, 0.5) is 5.95 Å². The normalized spacial score (nSPS) is 14.5. The lowest BCUT2D eigenvalue weighted by Crippen LogP contribution is -2.26. The summed E-state index contributed by atoms with van der Waals surface area (Å²) in [6.45, 7) is 2.34. The summed E-state index contributed by atoms with van der Waals surface area (Å²) >= 11 is 6.20. The Kier molecular flexibility index (Phi) is 3.86. The summed E-state index contributed by atoms with van der Waals surface area (Å²) in [7, 11) is 0. The van der Waals surface area contributed by atoms with Crippen molar-refractivity contribution in [2.45, 2.75) is 19.4 Å². The van der Waals surface area contributed by atoms with Crippen LogP contribution in [-0.2, 0) is 6.54 Å². The molecule has 4 aromatic rings. The van der Waals surface area contributed by atoms with Gasteiger partial charge in [0.05, 0.1) is 17.4 Å². The number of nitrogens with zero attached hydrogens (tertiary/aromatic N) is 5. The van der Waals surface area contributed by atoms with E-state index >= 15 is 0 Å². The molecule has 7 heteroatoms. The predicted octanol–water partition coefficient (Wildman–Crippen LogP) is 3.35. The number of aromatic nitrogens is 4. The molecule has 0 N–H and O–H groups in total. The van der Waals surface area contributed by atoms with Gasteiger partial charge in [-0.2, -0.15) is 0 Å². The van der Waals surface area contributed by atoms with E-state index in [1.807, 2.05) is 40.8 Å². The number of hydrogen-bond acceptors (Lipinski definition) is 4. The predicted molar refractivity (Wildman–Crippen MR) is 107 cm³/mol. The molecular formula is C20H18ClN5O. The lowest BCUT2D eigenvalue weighted by atomic mass is 10.2. The third-order valence-corrected chi connectivity index (χ3v) is 5.35. The van der Waals surface area contributed by atoms with Crippen molar-refractivity contribution in [1.82, 2.24) is 19.2 Å². The maximum Gasteiger partial charge on any atom is 0.263 e. The van der Waals surface area contributed by atoms with E-state index in [1.54, 1.807) is 16.7 Å². The number of rotatable bonds is 3. The van der Waals surface area contributed by atoms with Crippen LogP contribution in [-0.4, -0.2) is 32.3 Å². The topological polar surface area (TPSA) is 55.4 Å². The Bertz CT molecular complexity index is 1190. The number of hydrogen-bond donors (Lipinski definition) is 0. The molecule has 136 valence electrons. The average molecular weight is 380 g/mol. The Morgan fingerprint density at radius 3 is 2.56 bits per heavy atom. The average Bonchev–Trinajstić information content (AvgIpc) is 3.35. The molecule has 0 radical (unpaired) electrons. The van der Waals surface area contributed by atoms with Crippen LogP contribution in [0.5, 0.6) is 0 Å². The van der Waals surface area contributed by atoms with Gasteiger partial charge in [0.25, 0.3) is 5.56 Å². The summed E-state index contributed by atoms with van der Waals surface area (Å²) in [5.41, 5.74) is 1.72. The van der Waals surface area contributed by atoms with Gasteiger partial charge in [0, 0.05) is 18.1 Å². The van der Waals surface area contributed by atoms with E-state index in [-0.39, 0.29) is 5.56 Å². The van der Waals surface area contributed by atoms with Crippen molar-refractivity contribution in [1.29, 1.82) is 0 Å². The van der Waals surface area contributed by atoms with E-state index in [9.17, 15) is 4.79 Å². The van der Waals surface area contributed by atoms with E-state index in [0.29, 0.717) is 22.7 Å². The first kappa shape index (κ1) is 16.3. The van der Waals surface area contributed by atoms with Crippen LogP contribution in [0.2, 0.25) is 5.02 Å². The van der Waals surface area contributed by atoms with E-state index < -0.39 is 0 Å². The van der Waals surface area contributed by atoms with Gasteiger partial charge in [0.2, 0.25) is 11.7 Å². The van der Waals surface area contributed by atoms with Crippen molar-refractivity contribution >= 4 is 34.2 Å².